The van der Waals surface area contributed by atoms with E-state index >= 15 is 0 Å². The van der Waals surface area contributed by atoms with Crippen molar-refractivity contribution in [1.29, 1.82) is 0 Å². The molecule has 0 radical (unpaired) electrons. The second-order valence-corrected chi connectivity index (χ2v) is 7.38. The van der Waals surface area contributed by atoms with Crippen LogP contribution in [0.3, 0.4) is 0 Å². The average Bonchev–Trinajstić information content (AvgIpc) is 3.37. The number of piperidine rings is 1. The van der Waals surface area contributed by atoms with Gasteiger partial charge in [0.25, 0.3) is 0 Å². The zero-order valence-corrected chi connectivity index (χ0v) is 15.1. The Balaban J connectivity index is 1.42. The van der Waals surface area contributed by atoms with Crippen molar-refractivity contribution in [3.8, 4) is 5.69 Å². The van der Waals surface area contributed by atoms with E-state index in [-0.39, 0.29) is 11.9 Å². The molecule has 4 rings (SSSR count). The maximum Gasteiger partial charge on any atom is 0.241 e. The highest BCUT2D eigenvalue weighted by molar-refractivity contribution is 7.09. The Morgan fingerprint density at radius 3 is 2.85 bits per heavy atom. The van der Waals surface area contributed by atoms with Crippen LogP contribution in [0.4, 0.5) is 5.69 Å². The molecule has 1 N–H and O–H groups in total. The first-order chi connectivity index (χ1) is 12.8. The van der Waals surface area contributed by atoms with Crippen molar-refractivity contribution in [3.05, 3.63) is 53.0 Å². The van der Waals surface area contributed by atoms with E-state index in [0.29, 0.717) is 0 Å². The summed E-state index contributed by atoms with van der Waals surface area (Å²) in [7, 11) is 0. The molecule has 3 heterocycles. The molecule has 7 nitrogen and oxygen atoms in total. The van der Waals surface area contributed by atoms with Crippen molar-refractivity contribution >= 4 is 22.9 Å². The Bertz CT molecular complexity index is 831. The lowest BCUT2D eigenvalue weighted by Gasteiger charge is -2.34. The summed E-state index contributed by atoms with van der Waals surface area (Å²) in [6, 6.07) is 11.6. The SMILES string of the molecule is O=C(Nc1ccc(-n2cnnn2)cc1)[C@H]1CCCCN1Cc1cccs1. The molecule has 1 amide bonds. The zero-order chi connectivity index (χ0) is 17.8. The first-order valence-electron chi connectivity index (χ1n) is 8.70. The second-order valence-electron chi connectivity index (χ2n) is 6.35. The molecular weight excluding hydrogens is 348 g/mol. The van der Waals surface area contributed by atoms with Crippen LogP contribution in [0.1, 0.15) is 24.1 Å². The lowest BCUT2D eigenvalue weighted by Crippen LogP contribution is -2.46. The Morgan fingerprint density at radius 2 is 2.12 bits per heavy atom. The van der Waals surface area contributed by atoms with Gasteiger partial charge in [0.1, 0.15) is 6.33 Å². The number of tetrazole rings is 1. The van der Waals surface area contributed by atoms with Crippen molar-refractivity contribution in [2.45, 2.75) is 31.8 Å². The Morgan fingerprint density at radius 1 is 1.23 bits per heavy atom. The first-order valence-corrected chi connectivity index (χ1v) is 9.58. The van der Waals surface area contributed by atoms with Crippen LogP contribution in [-0.2, 0) is 11.3 Å². The fourth-order valence-corrected chi connectivity index (χ4v) is 4.01. The second kappa shape index (κ2) is 7.76. The number of carbonyl (C=O) groups is 1. The molecule has 0 aliphatic carbocycles. The highest BCUT2D eigenvalue weighted by Crippen LogP contribution is 2.23. The minimum atomic E-state index is -0.0787. The molecule has 1 saturated heterocycles. The van der Waals surface area contributed by atoms with Crippen LogP contribution in [0.15, 0.2) is 48.1 Å². The minimum Gasteiger partial charge on any atom is -0.325 e. The number of benzene rings is 1. The molecule has 1 aromatic carbocycles. The molecule has 1 aliphatic heterocycles. The maximum absolute atomic E-state index is 12.8. The van der Waals surface area contributed by atoms with E-state index in [9.17, 15) is 4.79 Å². The molecule has 3 aromatic rings. The van der Waals surface area contributed by atoms with E-state index < -0.39 is 0 Å². The van der Waals surface area contributed by atoms with Crippen LogP contribution in [0.2, 0.25) is 0 Å². The Hall–Kier alpha value is -2.58. The fraction of sp³-hybridized carbons (Fsp3) is 0.333. The highest BCUT2D eigenvalue weighted by Gasteiger charge is 2.28. The normalized spacial score (nSPS) is 17.9. The van der Waals surface area contributed by atoms with Crippen molar-refractivity contribution in [2.24, 2.45) is 0 Å². The number of anilines is 1. The summed E-state index contributed by atoms with van der Waals surface area (Å²) in [5, 5.41) is 16.3. The van der Waals surface area contributed by atoms with Crippen LogP contribution in [-0.4, -0.2) is 43.6 Å². The summed E-state index contributed by atoms with van der Waals surface area (Å²) in [4.78, 5) is 16.4. The average molecular weight is 368 g/mol. The number of nitrogens with zero attached hydrogens (tertiary/aromatic N) is 5. The molecule has 1 fully saturated rings. The predicted octanol–water partition coefficient (Wildman–Crippen LogP) is 2.72. The number of hydrogen-bond donors (Lipinski definition) is 1. The molecule has 1 atom stereocenters. The van der Waals surface area contributed by atoms with Crippen LogP contribution >= 0.6 is 11.3 Å². The molecule has 134 valence electrons. The Kier molecular flexibility index (Phi) is 5.03. The van der Waals surface area contributed by atoms with Crippen LogP contribution in [0.5, 0.6) is 0 Å². The smallest absolute Gasteiger partial charge is 0.241 e. The monoisotopic (exact) mass is 368 g/mol. The van der Waals surface area contributed by atoms with Gasteiger partial charge in [0.2, 0.25) is 5.91 Å². The first kappa shape index (κ1) is 16.9. The van der Waals surface area contributed by atoms with Gasteiger partial charge in [0.15, 0.2) is 0 Å². The molecule has 0 spiro atoms. The van der Waals surface area contributed by atoms with Gasteiger partial charge < -0.3 is 5.32 Å². The van der Waals surface area contributed by atoms with E-state index in [4.69, 9.17) is 0 Å². The summed E-state index contributed by atoms with van der Waals surface area (Å²) in [6.07, 6.45) is 4.69. The van der Waals surface area contributed by atoms with E-state index in [1.54, 1.807) is 16.0 Å². The van der Waals surface area contributed by atoms with Crippen LogP contribution < -0.4 is 5.32 Å². The van der Waals surface area contributed by atoms with Gasteiger partial charge in [0, 0.05) is 17.1 Å². The molecule has 0 unspecified atom stereocenters. The third-order valence-electron chi connectivity index (χ3n) is 4.60. The molecule has 1 aliphatic rings. The van der Waals surface area contributed by atoms with Gasteiger partial charge in [-0.3, -0.25) is 9.69 Å². The summed E-state index contributed by atoms with van der Waals surface area (Å²) >= 11 is 1.74. The third kappa shape index (κ3) is 3.81. The van der Waals surface area contributed by atoms with Gasteiger partial charge in [-0.25, -0.2) is 4.68 Å². The number of likely N-dealkylation sites (tertiary alicyclic amines) is 1. The van der Waals surface area contributed by atoms with Crippen molar-refractivity contribution in [3.63, 3.8) is 0 Å². The van der Waals surface area contributed by atoms with E-state index in [1.807, 2.05) is 24.3 Å². The zero-order valence-electron chi connectivity index (χ0n) is 14.3. The third-order valence-corrected chi connectivity index (χ3v) is 5.46. The molecule has 2 aromatic heterocycles. The predicted molar refractivity (Wildman–Crippen MR) is 100 cm³/mol. The fourth-order valence-electron chi connectivity index (χ4n) is 3.28. The summed E-state index contributed by atoms with van der Waals surface area (Å²) in [5.74, 6) is 0.0661. The van der Waals surface area contributed by atoms with Crippen LogP contribution in [0, 0.1) is 0 Å². The quantitative estimate of drug-likeness (QED) is 0.749. The number of amides is 1. The van der Waals surface area contributed by atoms with Gasteiger partial charge >= 0.3 is 0 Å². The summed E-state index contributed by atoms with van der Waals surface area (Å²) in [5.41, 5.74) is 1.64. The number of aromatic nitrogens is 4. The lowest BCUT2D eigenvalue weighted by atomic mass is 10.0. The van der Waals surface area contributed by atoms with Gasteiger partial charge in [0.05, 0.1) is 11.7 Å². The van der Waals surface area contributed by atoms with E-state index in [1.165, 1.54) is 11.2 Å². The summed E-state index contributed by atoms with van der Waals surface area (Å²) < 4.78 is 1.58. The molecule has 0 bridgehead atoms. The number of rotatable bonds is 5. The van der Waals surface area contributed by atoms with Crippen molar-refractivity contribution in [2.75, 3.05) is 11.9 Å². The largest absolute Gasteiger partial charge is 0.325 e. The van der Waals surface area contributed by atoms with Crippen LogP contribution in [0.25, 0.3) is 5.69 Å². The molecule has 0 saturated carbocycles. The Labute approximate surface area is 155 Å². The van der Waals surface area contributed by atoms with Gasteiger partial charge in [-0.15, -0.1) is 16.4 Å². The lowest BCUT2D eigenvalue weighted by molar-refractivity contribution is -0.122. The number of nitrogens with one attached hydrogen (secondary N) is 1. The number of thiophene rings is 1. The standard InChI is InChI=1S/C18H20N6OS/c25-18(17-5-1-2-10-23(17)12-16-4-3-11-26-16)20-14-6-8-15(9-7-14)24-13-19-21-22-24/h3-4,6-9,11,13,17H,1-2,5,10,12H2,(H,20,25)/t17-/m1/s1. The van der Waals surface area contributed by atoms with E-state index in [0.717, 1.165) is 43.7 Å². The van der Waals surface area contributed by atoms with Crippen molar-refractivity contribution in [1.82, 2.24) is 25.1 Å². The van der Waals surface area contributed by atoms with Gasteiger partial charge in [-0.05, 0) is 65.5 Å². The number of carbonyl (C=O) groups excluding carboxylic acids is 1. The van der Waals surface area contributed by atoms with E-state index in [2.05, 4.69) is 43.3 Å². The van der Waals surface area contributed by atoms with Crippen molar-refractivity contribution < 1.29 is 4.79 Å². The summed E-state index contributed by atoms with van der Waals surface area (Å²) in [6.45, 7) is 1.81. The highest BCUT2D eigenvalue weighted by atomic mass is 32.1. The van der Waals surface area contributed by atoms with Gasteiger partial charge in [-0.1, -0.05) is 12.5 Å². The molecule has 26 heavy (non-hydrogen) atoms. The topological polar surface area (TPSA) is 75.9 Å². The number of hydrogen-bond acceptors (Lipinski definition) is 6. The minimum absolute atomic E-state index is 0.0661. The van der Waals surface area contributed by atoms with Gasteiger partial charge in [-0.2, -0.15) is 0 Å². The maximum atomic E-state index is 12.8. The molecular formula is C18H20N6OS. The molecule has 8 heteroatoms.